The molecule has 0 aromatic carbocycles. The fourth-order valence-corrected chi connectivity index (χ4v) is 3.07. The zero-order valence-corrected chi connectivity index (χ0v) is 12.4. The lowest BCUT2D eigenvalue weighted by molar-refractivity contribution is -0.161. The summed E-state index contributed by atoms with van der Waals surface area (Å²) >= 11 is 0. The van der Waals surface area contributed by atoms with E-state index in [4.69, 9.17) is 4.74 Å². The molecule has 6 heteroatoms. The van der Waals surface area contributed by atoms with E-state index in [1.54, 1.807) is 6.92 Å². The first-order chi connectivity index (χ1) is 8.15. The van der Waals surface area contributed by atoms with Gasteiger partial charge in [0.25, 0.3) is 0 Å². The number of rotatable bonds is 3. The second-order valence-corrected chi connectivity index (χ2v) is 7.86. The van der Waals surface area contributed by atoms with Crippen LogP contribution in [0.1, 0.15) is 40.5 Å². The van der Waals surface area contributed by atoms with E-state index in [9.17, 15) is 13.2 Å². The van der Waals surface area contributed by atoms with E-state index in [0.717, 1.165) is 0 Å². The minimum atomic E-state index is -3.12. The molecule has 0 atom stereocenters. The summed E-state index contributed by atoms with van der Waals surface area (Å²) in [7, 11) is -3.12. The van der Waals surface area contributed by atoms with Crippen molar-refractivity contribution in [3.63, 3.8) is 0 Å². The number of piperidine rings is 1. The molecule has 0 saturated carbocycles. The third kappa shape index (κ3) is 4.24. The van der Waals surface area contributed by atoms with Gasteiger partial charge in [0.15, 0.2) is 0 Å². The zero-order chi connectivity index (χ0) is 14.0. The van der Waals surface area contributed by atoms with Gasteiger partial charge in [-0.1, -0.05) is 0 Å². The molecule has 1 rings (SSSR count). The summed E-state index contributed by atoms with van der Waals surface area (Å²) in [6, 6.07) is 0. The van der Waals surface area contributed by atoms with Crippen molar-refractivity contribution in [1.29, 1.82) is 0 Å². The molecule has 1 aliphatic heterocycles. The number of carbonyl (C=O) groups excluding carboxylic acids is 1. The van der Waals surface area contributed by atoms with Gasteiger partial charge in [0.2, 0.25) is 10.0 Å². The smallest absolute Gasteiger partial charge is 0.309 e. The highest BCUT2D eigenvalue weighted by Gasteiger charge is 2.32. The fraction of sp³-hybridized carbons (Fsp3) is 0.917. The number of sulfonamides is 1. The molecule has 5 nitrogen and oxygen atoms in total. The molecule has 1 heterocycles. The lowest BCUT2D eigenvalue weighted by atomic mass is 9.98. The quantitative estimate of drug-likeness (QED) is 0.731. The van der Waals surface area contributed by atoms with Gasteiger partial charge in [-0.2, -0.15) is 0 Å². The largest absolute Gasteiger partial charge is 0.460 e. The second kappa shape index (κ2) is 5.57. The van der Waals surface area contributed by atoms with Crippen LogP contribution < -0.4 is 0 Å². The molecule has 0 aromatic heterocycles. The van der Waals surface area contributed by atoms with Gasteiger partial charge in [0, 0.05) is 13.1 Å². The lowest BCUT2D eigenvalue weighted by Gasteiger charge is -2.31. The Morgan fingerprint density at radius 2 is 1.78 bits per heavy atom. The van der Waals surface area contributed by atoms with Crippen LogP contribution >= 0.6 is 0 Å². The Morgan fingerprint density at radius 1 is 1.28 bits per heavy atom. The number of esters is 1. The van der Waals surface area contributed by atoms with Gasteiger partial charge in [0.05, 0.1) is 11.7 Å². The summed E-state index contributed by atoms with van der Waals surface area (Å²) in [6.07, 6.45) is 1.10. The number of nitrogens with zero attached hydrogens (tertiary/aromatic N) is 1. The molecule has 0 N–H and O–H groups in total. The van der Waals surface area contributed by atoms with Gasteiger partial charge in [-0.3, -0.25) is 4.79 Å². The maximum absolute atomic E-state index is 11.8. The Balaban J connectivity index is 2.52. The number of hydrogen-bond acceptors (Lipinski definition) is 4. The molecule has 0 aromatic rings. The molecule has 1 saturated heterocycles. The van der Waals surface area contributed by atoms with Crippen molar-refractivity contribution in [3.05, 3.63) is 0 Å². The van der Waals surface area contributed by atoms with Crippen molar-refractivity contribution in [1.82, 2.24) is 4.31 Å². The topological polar surface area (TPSA) is 63.7 Å². The summed E-state index contributed by atoms with van der Waals surface area (Å²) in [5.41, 5.74) is -0.482. The number of carbonyl (C=O) groups is 1. The standard InChI is InChI=1S/C12H23NO4S/c1-5-18(15,16)13-8-6-10(7-9-13)11(14)17-12(2,3)4/h10H,5-9H2,1-4H3. The SMILES string of the molecule is CCS(=O)(=O)N1CCC(C(=O)OC(C)(C)C)CC1. The third-order valence-corrected chi connectivity index (χ3v) is 4.83. The molecule has 18 heavy (non-hydrogen) atoms. The molecule has 1 fully saturated rings. The van der Waals surface area contributed by atoms with E-state index in [2.05, 4.69) is 0 Å². The van der Waals surface area contributed by atoms with E-state index in [1.165, 1.54) is 4.31 Å². The first-order valence-electron chi connectivity index (χ1n) is 6.36. The molecular formula is C12H23NO4S. The lowest BCUT2D eigenvalue weighted by Crippen LogP contribution is -2.42. The second-order valence-electron chi connectivity index (χ2n) is 5.61. The monoisotopic (exact) mass is 277 g/mol. The van der Waals surface area contributed by atoms with E-state index in [0.29, 0.717) is 25.9 Å². The van der Waals surface area contributed by atoms with Crippen LogP contribution in [0.5, 0.6) is 0 Å². The van der Waals surface area contributed by atoms with Crippen molar-refractivity contribution in [2.45, 2.75) is 46.1 Å². The molecule has 0 unspecified atom stereocenters. The van der Waals surface area contributed by atoms with Crippen molar-refractivity contribution in [2.24, 2.45) is 5.92 Å². The van der Waals surface area contributed by atoms with Crippen molar-refractivity contribution in [2.75, 3.05) is 18.8 Å². The van der Waals surface area contributed by atoms with E-state index >= 15 is 0 Å². The van der Waals surface area contributed by atoms with Gasteiger partial charge in [-0.05, 0) is 40.5 Å². The fourth-order valence-electron chi connectivity index (χ4n) is 1.94. The summed E-state index contributed by atoms with van der Waals surface area (Å²) in [5, 5.41) is 0. The highest BCUT2D eigenvalue weighted by Crippen LogP contribution is 2.23. The van der Waals surface area contributed by atoms with E-state index in [-0.39, 0.29) is 17.6 Å². The van der Waals surface area contributed by atoms with Gasteiger partial charge in [-0.15, -0.1) is 0 Å². The average Bonchev–Trinajstić information content (AvgIpc) is 2.27. The molecule has 1 aliphatic rings. The normalized spacial score (nSPS) is 19.8. The molecule has 106 valence electrons. The highest BCUT2D eigenvalue weighted by atomic mass is 32.2. The molecule has 0 bridgehead atoms. The van der Waals surface area contributed by atoms with Crippen LogP contribution in [0.4, 0.5) is 0 Å². The van der Waals surface area contributed by atoms with Gasteiger partial charge >= 0.3 is 5.97 Å². The molecular weight excluding hydrogens is 254 g/mol. The Morgan fingerprint density at radius 3 is 2.17 bits per heavy atom. The molecule has 0 amide bonds. The third-order valence-electron chi connectivity index (χ3n) is 2.95. The van der Waals surface area contributed by atoms with Crippen LogP contribution in [0.15, 0.2) is 0 Å². The van der Waals surface area contributed by atoms with Crippen molar-refractivity contribution in [3.8, 4) is 0 Å². The van der Waals surface area contributed by atoms with Crippen molar-refractivity contribution < 1.29 is 17.9 Å². The van der Waals surface area contributed by atoms with E-state index < -0.39 is 15.6 Å². The average molecular weight is 277 g/mol. The van der Waals surface area contributed by atoms with Crippen LogP contribution in [0.2, 0.25) is 0 Å². The summed E-state index contributed by atoms with van der Waals surface area (Å²) in [4.78, 5) is 11.8. The van der Waals surface area contributed by atoms with Crippen LogP contribution in [0.25, 0.3) is 0 Å². The summed E-state index contributed by atoms with van der Waals surface area (Å²) in [5.74, 6) is -0.270. The summed E-state index contributed by atoms with van der Waals surface area (Å²) < 4.78 is 30.1. The van der Waals surface area contributed by atoms with Crippen LogP contribution in [-0.4, -0.2) is 43.1 Å². The Labute approximate surface area is 110 Å². The van der Waals surface area contributed by atoms with Gasteiger partial charge < -0.3 is 4.74 Å². The Bertz CT molecular complexity index is 389. The predicted molar refractivity (Wildman–Crippen MR) is 69.6 cm³/mol. The Kier molecular flexibility index (Phi) is 4.78. The Hall–Kier alpha value is -0.620. The maximum Gasteiger partial charge on any atom is 0.309 e. The minimum Gasteiger partial charge on any atom is -0.460 e. The summed E-state index contributed by atoms with van der Waals surface area (Å²) in [6.45, 7) is 7.97. The van der Waals surface area contributed by atoms with Crippen molar-refractivity contribution >= 4 is 16.0 Å². The molecule has 0 aliphatic carbocycles. The molecule has 0 radical (unpaired) electrons. The zero-order valence-electron chi connectivity index (χ0n) is 11.6. The highest BCUT2D eigenvalue weighted by molar-refractivity contribution is 7.89. The van der Waals surface area contributed by atoms with Gasteiger partial charge in [-0.25, -0.2) is 12.7 Å². The van der Waals surface area contributed by atoms with Crippen LogP contribution in [0, 0.1) is 5.92 Å². The number of hydrogen-bond donors (Lipinski definition) is 0. The predicted octanol–water partition coefficient (Wildman–Crippen LogP) is 1.39. The van der Waals surface area contributed by atoms with E-state index in [1.807, 2.05) is 20.8 Å². The van der Waals surface area contributed by atoms with Gasteiger partial charge in [0.1, 0.15) is 5.60 Å². The minimum absolute atomic E-state index is 0.115. The maximum atomic E-state index is 11.8. The first-order valence-corrected chi connectivity index (χ1v) is 7.97. The van der Waals surface area contributed by atoms with Crippen LogP contribution in [0.3, 0.4) is 0 Å². The first kappa shape index (κ1) is 15.4. The number of ether oxygens (including phenoxy) is 1. The van der Waals surface area contributed by atoms with Crippen LogP contribution in [-0.2, 0) is 19.6 Å². The molecule has 0 spiro atoms.